The van der Waals surface area contributed by atoms with Gasteiger partial charge in [0.25, 0.3) is 5.56 Å². The van der Waals surface area contributed by atoms with E-state index >= 15 is 0 Å². The summed E-state index contributed by atoms with van der Waals surface area (Å²) in [5.41, 5.74) is 2.45. The lowest BCUT2D eigenvalue weighted by atomic mass is 9.75. The SMILES string of the molecule is Cc1ccc(N2C(=O)[C@H]3[C@@H](CC(C)C)N[C@@]4(c5ccccc5-n5c4nc4ccccc4c5=O)[C@H]3C2=O)cc1. The molecule has 7 heteroatoms. The summed E-state index contributed by atoms with van der Waals surface area (Å²) in [4.78, 5) is 48.7. The molecule has 1 N–H and O–H groups in total. The molecule has 3 aromatic carbocycles. The minimum Gasteiger partial charge on any atom is -0.297 e. The minimum atomic E-state index is -1.10. The molecule has 2 amide bonds. The second kappa shape index (κ2) is 7.95. The van der Waals surface area contributed by atoms with Gasteiger partial charge in [0, 0.05) is 11.6 Å². The molecule has 190 valence electrons. The molecule has 7 nitrogen and oxygen atoms in total. The highest BCUT2D eigenvalue weighted by molar-refractivity contribution is 6.23. The molecule has 0 saturated carbocycles. The summed E-state index contributed by atoms with van der Waals surface area (Å²) < 4.78 is 1.64. The molecular formula is C31H28N4O3. The van der Waals surface area contributed by atoms with Gasteiger partial charge in [-0.05, 0) is 49.6 Å². The predicted molar refractivity (Wildman–Crippen MR) is 145 cm³/mol. The maximum atomic E-state index is 14.4. The number of aromatic nitrogens is 2. The Kier molecular flexibility index (Phi) is 4.82. The van der Waals surface area contributed by atoms with E-state index in [-0.39, 0.29) is 23.4 Å². The molecule has 0 aliphatic carbocycles. The van der Waals surface area contributed by atoms with Gasteiger partial charge >= 0.3 is 0 Å². The van der Waals surface area contributed by atoms with Crippen LogP contribution in [0.1, 0.15) is 37.2 Å². The van der Waals surface area contributed by atoms with Gasteiger partial charge in [0.2, 0.25) is 11.8 Å². The number of fused-ring (bicyclic) bond motifs is 8. The van der Waals surface area contributed by atoms with Crippen LogP contribution < -0.4 is 15.8 Å². The van der Waals surface area contributed by atoms with Gasteiger partial charge in [-0.25, -0.2) is 9.88 Å². The number of anilines is 1. The predicted octanol–water partition coefficient (Wildman–Crippen LogP) is 4.07. The molecule has 7 rings (SSSR count). The molecule has 38 heavy (non-hydrogen) atoms. The summed E-state index contributed by atoms with van der Waals surface area (Å²) >= 11 is 0. The number of nitrogens with zero attached hydrogens (tertiary/aromatic N) is 3. The monoisotopic (exact) mass is 504 g/mol. The third kappa shape index (κ3) is 2.88. The first-order valence-corrected chi connectivity index (χ1v) is 13.2. The van der Waals surface area contributed by atoms with E-state index in [9.17, 15) is 14.4 Å². The molecular weight excluding hydrogens is 476 g/mol. The standard InChI is InChI=1S/C31H28N4O3/c1-17(2)16-23-25-26(29(38)34(28(25)37)19-14-12-18(3)13-15-19)31(33-23)21-9-5-7-11-24(21)35-27(36)20-8-4-6-10-22(20)32-30(31)35/h4-15,17,23,25-26,33H,16H2,1-3H3/t23-,25+,26-,31+/m1/s1. The van der Waals surface area contributed by atoms with Gasteiger partial charge in [-0.2, -0.15) is 0 Å². The molecule has 2 saturated heterocycles. The molecule has 1 aromatic heterocycles. The highest BCUT2D eigenvalue weighted by atomic mass is 16.2. The number of rotatable bonds is 3. The Morgan fingerprint density at radius 1 is 0.921 bits per heavy atom. The molecule has 0 bridgehead atoms. The Labute approximate surface area is 220 Å². The van der Waals surface area contributed by atoms with Gasteiger partial charge < -0.3 is 0 Å². The molecule has 4 heterocycles. The van der Waals surface area contributed by atoms with E-state index in [4.69, 9.17) is 4.98 Å². The van der Waals surface area contributed by atoms with Crippen molar-refractivity contribution in [1.82, 2.24) is 14.9 Å². The van der Waals surface area contributed by atoms with Crippen LogP contribution in [0, 0.1) is 24.7 Å². The van der Waals surface area contributed by atoms with Gasteiger partial charge in [0.1, 0.15) is 11.4 Å². The molecule has 3 aliphatic heterocycles. The van der Waals surface area contributed by atoms with Crippen LogP contribution in [0.25, 0.3) is 16.6 Å². The third-order valence-corrected chi connectivity index (χ3v) is 8.38. The van der Waals surface area contributed by atoms with Gasteiger partial charge in [-0.15, -0.1) is 0 Å². The van der Waals surface area contributed by atoms with Crippen LogP contribution in [-0.2, 0) is 15.1 Å². The summed E-state index contributed by atoms with van der Waals surface area (Å²) in [5.74, 6) is -0.984. The zero-order valence-electron chi connectivity index (χ0n) is 21.5. The highest BCUT2D eigenvalue weighted by Gasteiger charge is 2.69. The van der Waals surface area contributed by atoms with Crippen molar-refractivity contribution in [2.45, 2.75) is 38.8 Å². The van der Waals surface area contributed by atoms with Crippen molar-refractivity contribution in [3.05, 3.63) is 100 Å². The van der Waals surface area contributed by atoms with Gasteiger partial charge in [0.05, 0.1) is 34.1 Å². The minimum absolute atomic E-state index is 0.173. The van der Waals surface area contributed by atoms with Crippen molar-refractivity contribution in [1.29, 1.82) is 0 Å². The first-order valence-electron chi connectivity index (χ1n) is 13.2. The van der Waals surface area contributed by atoms with Crippen LogP contribution in [0.5, 0.6) is 0 Å². The van der Waals surface area contributed by atoms with Crippen LogP contribution >= 0.6 is 0 Å². The summed E-state index contributed by atoms with van der Waals surface area (Å²) in [6, 6.07) is 22.2. The number of aryl methyl sites for hydroxylation is 1. The molecule has 0 radical (unpaired) electrons. The van der Waals surface area contributed by atoms with E-state index < -0.39 is 17.4 Å². The normalized spacial score (nSPS) is 25.5. The zero-order chi connectivity index (χ0) is 26.3. The van der Waals surface area contributed by atoms with Crippen molar-refractivity contribution in [2.75, 3.05) is 4.90 Å². The number of carbonyl (C=O) groups is 2. The average molecular weight is 505 g/mol. The summed E-state index contributed by atoms with van der Waals surface area (Å²) in [7, 11) is 0. The number of hydrogen-bond acceptors (Lipinski definition) is 5. The Morgan fingerprint density at radius 2 is 1.63 bits per heavy atom. The quantitative estimate of drug-likeness (QED) is 0.425. The van der Waals surface area contributed by atoms with Crippen LogP contribution in [0.3, 0.4) is 0 Å². The lowest BCUT2D eigenvalue weighted by Gasteiger charge is -2.32. The van der Waals surface area contributed by atoms with Gasteiger partial charge in [-0.1, -0.05) is 61.9 Å². The molecule has 0 unspecified atom stereocenters. The fraction of sp³-hybridized carbons (Fsp3) is 0.290. The number of amides is 2. The lowest BCUT2D eigenvalue weighted by Crippen LogP contribution is -2.50. The number of para-hydroxylation sites is 2. The first-order chi connectivity index (χ1) is 18.3. The van der Waals surface area contributed by atoms with E-state index in [1.54, 1.807) is 10.6 Å². The van der Waals surface area contributed by atoms with Crippen molar-refractivity contribution in [3.63, 3.8) is 0 Å². The smallest absolute Gasteiger partial charge is 0.266 e. The molecule has 3 aliphatic rings. The van der Waals surface area contributed by atoms with Gasteiger partial charge in [0.15, 0.2) is 0 Å². The van der Waals surface area contributed by atoms with Crippen molar-refractivity contribution in [3.8, 4) is 5.69 Å². The topological polar surface area (TPSA) is 84.3 Å². The maximum Gasteiger partial charge on any atom is 0.266 e. The zero-order valence-corrected chi connectivity index (χ0v) is 21.5. The molecule has 2 fully saturated rings. The van der Waals surface area contributed by atoms with E-state index in [1.165, 1.54) is 4.90 Å². The molecule has 1 spiro atoms. The van der Waals surface area contributed by atoms with Crippen molar-refractivity contribution >= 4 is 28.4 Å². The van der Waals surface area contributed by atoms with E-state index in [0.29, 0.717) is 40.4 Å². The molecule has 4 aromatic rings. The fourth-order valence-electron chi connectivity index (χ4n) is 6.88. The van der Waals surface area contributed by atoms with Crippen LogP contribution in [0.2, 0.25) is 0 Å². The van der Waals surface area contributed by atoms with Gasteiger partial charge in [-0.3, -0.25) is 24.3 Å². The average Bonchev–Trinajstić information content (AvgIpc) is 3.48. The van der Waals surface area contributed by atoms with Crippen molar-refractivity contribution in [2.24, 2.45) is 17.8 Å². The van der Waals surface area contributed by atoms with E-state index in [0.717, 1.165) is 11.1 Å². The van der Waals surface area contributed by atoms with Crippen molar-refractivity contribution < 1.29 is 9.59 Å². The Balaban J connectivity index is 1.52. The van der Waals surface area contributed by atoms with Crippen LogP contribution in [-0.4, -0.2) is 27.4 Å². The molecule has 4 atom stereocenters. The number of hydrogen-bond donors (Lipinski definition) is 1. The number of benzene rings is 3. The lowest BCUT2D eigenvalue weighted by molar-refractivity contribution is -0.123. The maximum absolute atomic E-state index is 14.4. The summed E-state index contributed by atoms with van der Waals surface area (Å²) in [6.45, 7) is 6.21. The largest absolute Gasteiger partial charge is 0.297 e. The van der Waals surface area contributed by atoms with E-state index in [2.05, 4.69) is 19.2 Å². The van der Waals surface area contributed by atoms with Crippen LogP contribution in [0.4, 0.5) is 5.69 Å². The number of nitrogens with one attached hydrogen (secondary N) is 1. The highest BCUT2D eigenvalue weighted by Crippen LogP contribution is 2.56. The summed E-state index contributed by atoms with van der Waals surface area (Å²) in [5, 5.41) is 4.28. The second-order valence-electron chi connectivity index (χ2n) is 11.1. The van der Waals surface area contributed by atoms with Crippen LogP contribution in [0.15, 0.2) is 77.6 Å². The fourth-order valence-corrected chi connectivity index (χ4v) is 6.88. The Morgan fingerprint density at radius 3 is 2.39 bits per heavy atom. The number of imide groups is 1. The number of carbonyl (C=O) groups excluding carboxylic acids is 2. The summed E-state index contributed by atoms with van der Waals surface area (Å²) in [6.07, 6.45) is 0.712. The Bertz CT molecular complexity index is 1710. The first kappa shape index (κ1) is 23.0. The van der Waals surface area contributed by atoms with E-state index in [1.807, 2.05) is 73.7 Å². The Hall–Kier alpha value is -4.10. The second-order valence-corrected chi connectivity index (χ2v) is 11.1. The third-order valence-electron chi connectivity index (χ3n) is 8.38.